The standard InChI is InChI=1S/C16H16ClNO2/c1-10-4-6-13(8-11(10)2)18-16(19)12-5-7-15(20-3)14(17)9-12/h4-9H,1-3H3,(H,18,19). The van der Waals surface area contributed by atoms with E-state index in [1.54, 1.807) is 18.2 Å². The van der Waals surface area contributed by atoms with Crippen molar-refractivity contribution in [1.82, 2.24) is 0 Å². The smallest absolute Gasteiger partial charge is 0.255 e. The molecule has 0 saturated heterocycles. The van der Waals surface area contributed by atoms with Crippen LogP contribution in [-0.4, -0.2) is 13.0 Å². The lowest BCUT2D eigenvalue weighted by molar-refractivity contribution is 0.102. The number of rotatable bonds is 3. The average molecular weight is 290 g/mol. The molecule has 0 bridgehead atoms. The third-order valence-electron chi connectivity index (χ3n) is 3.18. The van der Waals surface area contributed by atoms with E-state index in [9.17, 15) is 4.79 Å². The van der Waals surface area contributed by atoms with Crippen LogP contribution in [0.5, 0.6) is 5.75 Å². The van der Waals surface area contributed by atoms with Crippen molar-refractivity contribution in [3.63, 3.8) is 0 Å². The quantitative estimate of drug-likeness (QED) is 0.919. The number of ether oxygens (including phenoxy) is 1. The van der Waals surface area contributed by atoms with Crippen LogP contribution in [0.2, 0.25) is 5.02 Å². The van der Waals surface area contributed by atoms with Gasteiger partial charge in [0.25, 0.3) is 5.91 Å². The highest BCUT2D eigenvalue weighted by Gasteiger charge is 2.09. The van der Waals surface area contributed by atoms with Crippen LogP contribution < -0.4 is 10.1 Å². The minimum Gasteiger partial charge on any atom is -0.495 e. The predicted octanol–water partition coefficient (Wildman–Crippen LogP) is 4.22. The number of nitrogens with one attached hydrogen (secondary N) is 1. The Hall–Kier alpha value is -2.00. The van der Waals surface area contributed by atoms with E-state index in [2.05, 4.69) is 5.32 Å². The van der Waals surface area contributed by atoms with E-state index < -0.39 is 0 Å². The molecule has 2 aromatic carbocycles. The molecule has 0 spiro atoms. The van der Waals surface area contributed by atoms with Crippen LogP contribution >= 0.6 is 11.6 Å². The first-order valence-corrected chi connectivity index (χ1v) is 6.61. The largest absolute Gasteiger partial charge is 0.495 e. The summed E-state index contributed by atoms with van der Waals surface area (Å²) in [4.78, 5) is 12.2. The number of methoxy groups -OCH3 is 1. The van der Waals surface area contributed by atoms with Gasteiger partial charge in [-0.1, -0.05) is 17.7 Å². The molecule has 0 aliphatic rings. The number of carbonyl (C=O) groups is 1. The SMILES string of the molecule is COc1ccc(C(=O)Nc2ccc(C)c(C)c2)cc1Cl. The summed E-state index contributed by atoms with van der Waals surface area (Å²) in [7, 11) is 1.54. The van der Waals surface area contributed by atoms with E-state index in [4.69, 9.17) is 16.3 Å². The first-order chi connectivity index (χ1) is 9.51. The van der Waals surface area contributed by atoms with Gasteiger partial charge in [-0.05, 0) is 55.3 Å². The molecule has 2 aromatic rings. The molecule has 4 heteroatoms. The second kappa shape index (κ2) is 5.97. The maximum Gasteiger partial charge on any atom is 0.255 e. The highest BCUT2D eigenvalue weighted by molar-refractivity contribution is 6.32. The molecule has 0 fully saturated rings. The summed E-state index contributed by atoms with van der Waals surface area (Å²) in [5.41, 5.74) is 3.59. The van der Waals surface area contributed by atoms with E-state index in [1.807, 2.05) is 32.0 Å². The minimum absolute atomic E-state index is 0.196. The Morgan fingerprint density at radius 2 is 1.85 bits per heavy atom. The molecule has 0 heterocycles. The van der Waals surface area contributed by atoms with Gasteiger partial charge < -0.3 is 10.1 Å². The Balaban J connectivity index is 2.19. The Morgan fingerprint density at radius 3 is 2.45 bits per heavy atom. The van der Waals surface area contributed by atoms with Gasteiger partial charge in [-0.25, -0.2) is 0 Å². The van der Waals surface area contributed by atoms with Crippen molar-refractivity contribution in [2.45, 2.75) is 13.8 Å². The van der Waals surface area contributed by atoms with Crippen LogP contribution in [0.25, 0.3) is 0 Å². The Kier molecular flexibility index (Phi) is 4.30. The fourth-order valence-corrected chi connectivity index (χ4v) is 2.09. The fourth-order valence-electron chi connectivity index (χ4n) is 1.83. The minimum atomic E-state index is -0.196. The van der Waals surface area contributed by atoms with Crippen LogP contribution in [0.1, 0.15) is 21.5 Å². The first kappa shape index (κ1) is 14.4. The molecule has 0 unspecified atom stereocenters. The van der Waals surface area contributed by atoms with Gasteiger partial charge in [0.05, 0.1) is 12.1 Å². The molecule has 20 heavy (non-hydrogen) atoms. The second-order valence-electron chi connectivity index (χ2n) is 4.60. The number of hydrogen-bond acceptors (Lipinski definition) is 2. The van der Waals surface area contributed by atoms with Gasteiger partial charge in [-0.15, -0.1) is 0 Å². The van der Waals surface area contributed by atoms with Gasteiger partial charge in [0.2, 0.25) is 0 Å². The molecule has 0 atom stereocenters. The zero-order valence-corrected chi connectivity index (χ0v) is 12.4. The monoisotopic (exact) mass is 289 g/mol. The van der Waals surface area contributed by atoms with E-state index >= 15 is 0 Å². The fraction of sp³-hybridized carbons (Fsp3) is 0.188. The van der Waals surface area contributed by atoms with Gasteiger partial charge in [0.1, 0.15) is 5.75 Å². The third kappa shape index (κ3) is 3.11. The molecular formula is C16H16ClNO2. The van der Waals surface area contributed by atoms with Crippen molar-refractivity contribution in [1.29, 1.82) is 0 Å². The molecule has 0 aromatic heterocycles. The maximum absolute atomic E-state index is 12.2. The van der Waals surface area contributed by atoms with Crippen LogP contribution in [0.3, 0.4) is 0 Å². The molecule has 1 N–H and O–H groups in total. The average Bonchev–Trinajstić information content (AvgIpc) is 2.42. The first-order valence-electron chi connectivity index (χ1n) is 6.23. The lowest BCUT2D eigenvalue weighted by Crippen LogP contribution is -2.12. The number of carbonyl (C=O) groups excluding carboxylic acids is 1. The second-order valence-corrected chi connectivity index (χ2v) is 5.01. The lowest BCUT2D eigenvalue weighted by atomic mass is 10.1. The molecule has 0 aliphatic heterocycles. The van der Waals surface area contributed by atoms with Crippen LogP contribution in [-0.2, 0) is 0 Å². The number of amides is 1. The Morgan fingerprint density at radius 1 is 1.10 bits per heavy atom. The van der Waals surface area contributed by atoms with Gasteiger partial charge in [0.15, 0.2) is 0 Å². The highest BCUT2D eigenvalue weighted by atomic mass is 35.5. The van der Waals surface area contributed by atoms with E-state index in [0.29, 0.717) is 16.3 Å². The molecule has 1 amide bonds. The summed E-state index contributed by atoms with van der Waals surface area (Å²) in [6.07, 6.45) is 0. The summed E-state index contributed by atoms with van der Waals surface area (Å²) in [6.45, 7) is 4.04. The number of anilines is 1. The zero-order valence-electron chi connectivity index (χ0n) is 11.7. The van der Waals surface area contributed by atoms with Crippen molar-refractivity contribution in [3.05, 3.63) is 58.1 Å². The van der Waals surface area contributed by atoms with Crippen molar-refractivity contribution in [3.8, 4) is 5.75 Å². The summed E-state index contributed by atoms with van der Waals surface area (Å²) < 4.78 is 5.06. The van der Waals surface area contributed by atoms with Gasteiger partial charge in [0, 0.05) is 11.3 Å². The number of benzene rings is 2. The number of hydrogen-bond donors (Lipinski definition) is 1. The van der Waals surface area contributed by atoms with Crippen LogP contribution in [0.15, 0.2) is 36.4 Å². The van der Waals surface area contributed by atoms with Crippen LogP contribution in [0.4, 0.5) is 5.69 Å². The van der Waals surface area contributed by atoms with E-state index in [-0.39, 0.29) is 5.91 Å². The summed E-state index contributed by atoms with van der Waals surface area (Å²) in [5, 5.41) is 3.27. The van der Waals surface area contributed by atoms with Gasteiger partial charge in [-0.3, -0.25) is 4.79 Å². The predicted molar refractivity (Wildman–Crippen MR) is 81.9 cm³/mol. The molecule has 0 saturated carbocycles. The van der Waals surface area contributed by atoms with Crippen molar-refractivity contribution in [2.75, 3.05) is 12.4 Å². The number of halogens is 1. The summed E-state index contributed by atoms with van der Waals surface area (Å²) in [6, 6.07) is 10.8. The molecule has 104 valence electrons. The van der Waals surface area contributed by atoms with E-state index in [1.165, 1.54) is 12.7 Å². The zero-order chi connectivity index (χ0) is 14.7. The Bertz CT molecular complexity index is 653. The van der Waals surface area contributed by atoms with E-state index in [0.717, 1.165) is 11.3 Å². The van der Waals surface area contributed by atoms with Crippen molar-refractivity contribution < 1.29 is 9.53 Å². The lowest BCUT2D eigenvalue weighted by Gasteiger charge is -2.09. The molecular weight excluding hydrogens is 274 g/mol. The van der Waals surface area contributed by atoms with Gasteiger partial charge >= 0.3 is 0 Å². The Labute approximate surface area is 123 Å². The third-order valence-corrected chi connectivity index (χ3v) is 3.47. The molecule has 0 radical (unpaired) electrons. The normalized spacial score (nSPS) is 10.2. The van der Waals surface area contributed by atoms with Crippen molar-refractivity contribution >= 4 is 23.2 Å². The summed E-state index contributed by atoms with van der Waals surface area (Å²) >= 11 is 6.02. The molecule has 0 aliphatic carbocycles. The molecule has 3 nitrogen and oxygen atoms in total. The van der Waals surface area contributed by atoms with Crippen molar-refractivity contribution in [2.24, 2.45) is 0 Å². The number of aryl methyl sites for hydroxylation is 2. The maximum atomic E-state index is 12.2. The topological polar surface area (TPSA) is 38.3 Å². The van der Waals surface area contributed by atoms with Crippen LogP contribution in [0, 0.1) is 13.8 Å². The molecule has 2 rings (SSSR count). The highest BCUT2D eigenvalue weighted by Crippen LogP contribution is 2.25. The summed E-state index contributed by atoms with van der Waals surface area (Å²) in [5.74, 6) is 0.354. The van der Waals surface area contributed by atoms with Gasteiger partial charge in [-0.2, -0.15) is 0 Å².